The molecule has 0 bridgehead atoms. The van der Waals surface area contributed by atoms with Gasteiger partial charge in [0.15, 0.2) is 0 Å². The van der Waals surface area contributed by atoms with Gasteiger partial charge in [-0.25, -0.2) is 9.37 Å². The summed E-state index contributed by atoms with van der Waals surface area (Å²) < 4.78 is 14.0. The van der Waals surface area contributed by atoms with E-state index in [1.54, 1.807) is 18.2 Å². The maximum Gasteiger partial charge on any atom is 0.134 e. The van der Waals surface area contributed by atoms with Gasteiger partial charge in [0, 0.05) is 15.4 Å². The number of hydrogen-bond acceptors (Lipinski definition) is 3. The molecule has 3 aromatic rings. The summed E-state index contributed by atoms with van der Waals surface area (Å²) in [6.07, 6.45) is 1.71. The van der Waals surface area contributed by atoms with Crippen molar-refractivity contribution in [1.29, 1.82) is 5.26 Å². The molecule has 0 saturated carbocycles. The highest BCUT2D eigenvalue weighted by molar-refractivity contribution is 9.10. The van der Waals surface area contributed by atoms with Crippen LogP contribution >= 0.6 is 27.3 Å². The summed E-state index contributed by atoms with van der Waals surface area (Å²) in [4.78, 5) is 4.53. The van der Waals surface area contributed by atoms with E-state index >= 15 is 0 Å². The summed E-state index contributed by atoms with van der Waals surface area (Å²) in [6.45, 7) is 0. The van der Waals surface area contributed by atoms with Crippen molar-refractivity contribution in [3.63, 3.8) is 0 Å². The lowest BCUT2D eigenvalue weighted by atomic mass is 10.1. The van der Waals surface area contributed by atoms with Crippen LogP contribution in [0.15, 0.2) is 58.4 Å². The Bertz CT molecular complexity index is 890. The maximum absolute atomic E-state index is 12.9. The lowest BCUT2D eigenvalue weighted by Crippen LogP contribution is -1.83. The van der Waals surface area contributed by atoms with E-state index in [-0.39, 0.29) is 5.82 Å². The second-order valence-electron chi connectivity index (χ2n) is 4.77. The van der Waals surface area contributed by atoms with E-state index in [9.17, 15) is 9.65 Å². The molecule has 2 nitrogen and oxygen atoms in total. The first-order chi connectivity index (χ1) is 11.2. The molecule has 0 atom stereocenters. The molecule has 1 heterocycles. The predicted molar refractivity (Wildman–Crippen MR) is 95.1 cm³/mol. The molecule has 1 aromatic heterocycles. The predicted octanol–water partition coefficient (Wildman–Crippen LogP) is 5.78. The van der Waals surface area contributed by atoms with Crippen LogP contribution in [0.5, 0.6) is 0 Å². The number of benzene rings is 2. The molecule has 112 valence electrons. The summed E-state index contributed by atoms with van der Waals surface area (Å²) in [5.41, 5.74) is 3.06. The third-order valence-corrected chi connectivity index (χ3v) is 4.58. The number of rotatable bonds is 3. The van der Waals surface area contributed by atoms with Crippen molar-refractivity contribution in [3.8, 4) is 17.3 Å². The third-order valence-electron chi connectivity index (χ3n) is 3.18. The fourth-order valence-electron chi connectivity index (χ4n) is 2.02. The van der Waals surface area contributed by atoms with Gasteiger partial charge >= 0.3 is 0 Å². The first-order valence-electron chi connectivity index (χ1n) is 6.75. The van der Waals surface area contributed by atoms with Gasteiger partial charge in [-0.3, -0.25) is 0 Å². The molecule has 0 radical (unpaired) electrons. The standard InChI is InChI=1S/C18H10BrFN2S/c19-15-5-3-13(4-6-15)17-11-23-18(22-17)14(10-21)9-12-1-7-16(20)8-2-12/h1-9,11H/b14-9+. The van der Waals surface area contributed by atoms with Gasteiger partial charge in [0.05, 0.1) is 11.3 Å². The molecule has 0 N–H and O–H groups in total. The fourth-order valence-corrected chi connectivity index (χ4v) is 3.08. The minimum absolute atomic E-state index is 0.299. The number of allylic oxidation sites excluding steroid dienone is 1. The lowest BCUT2D eigenvalue weighted by molar-refractivity contribution is 0.628. The zero-order valence-corrected chi connectivity index (χ0v) is 14.2. The average Bonchev–Trinajstić information content (AvgIpc) is 3.05. The Kier molecular flexibility index (Phi) is 4.65. The van der Waals surface area contributed by atoms with Crippen LogP contribution < -0.4 is 0 Å². The summed E-state index contributed by atoms with van der Waals surface area (Å²) in [5.74, 6) is -0.299. The van der Waals surface area contributed by atoms with Gasteiger partial charge in [0.1, 0.15) is 16.9 Å². The zero-order valence-electron chi connectivity index (χ0n) is 11.8. The van der Waals surface area contributed by atoms with Crippen LogP contribution in [-0.2, 0) is 0 Å². The van der Waals surface area contributed by atoms with E-state index < -0.39 is 0 Å². The topological polar surface area (TPSA) is 36.7 Å². The van der Waals surface area contributed by atoms with Gasteiger partial charge in [-0.2, -0.15) is 5.26 Å². The molecule has 0 unspecified atom stereocenters. The van der Waals surface area contributed by atoms with E-state index in [0.29, 0.717) is 10.6 Å². The van der Waals surface area contributed by atoms with Crippen LogP contribution in [0, 0.1) is 17.1 Å². The van der Waals surface area contributed by atoms with Gasteiger partial charge in [-0.1, -0.05) is 40.2 Å². The van der Waals surface area contributed by atoms with Crippen LogP contribution in [0.2, 0.25) is 0 Å². The smallest absolute Gasteiger partial charge is 0.134 e. The van der Waals surface area contributed by atoms with Crippen molar-refractivity contribution < 1.29 is 4.39 Å². The minimum Gasteiger partial charge on any atom is -0.235 e. The highest BCUT2D eigenvalue weighted by Gasteiger charge is 2.09. The SMILES string of the molecule is N#C/C(=C\c1ccc(F)cc1)c1nc(-c2ccc(Br)cc2)cs1. The van der Waals surface area contributed by atoms with Crippen molar-refractivity contribution in [2.24, 2.45) is 0 Å². The zero-order chi connectivity index (χ0) is 16.2. The molecule has 0 aliphatic heterocycles. The molecule has 0 fully saturated rings. The Morgan fingerprint density at radius 2 is 1.83 bits per heavy atom. The second kappa shape index (κ2) is 6.86. The fraction of sp³-hybridized carbons (Fsp3) is 0. The summed E-state index contributed by atoms with van der Waals surface area (Å²) in [5, 5.41) is 12.0. The molecule has 23 heavy (non-hydrogen) atoms. The summed E-state index contributed by atoms with van der Waals surface area (Å²) >= 11 is 4.82. The number of thiazole rings is 1. The molecular weight excluding hydrogens is 375 g/mol. The average molecular weight is 385 g/mol. The first-order valence-corrected chi connectivity index (χ1v) is 8.42. The number of nitrogens with zero attached hydrogens (tertiary/aromatic N) is 2. The third kappa shape index (κ3) is 3.73. The number of hydrogen-bond donors (Lipinski definition) is 0. The van der Waals surface area contributed by atoms with Crippen molar-refractivity contribution in [2.45, 2.75) is 0 Å². The first kappa shape index (κ1) is 15.6. The molecule has 0 aliphatic carbocycles. The van der Waals surface area contributed by atoms with Gasteiger partial charge in [0.2, 0.25) is 0 Å². The monoisotopic (exact) mass is 384 g/mol. The minimum atomic E-state index is -0.299. The Hall–Kier alpha value is -2.29. The van der Waals surface area contributed by atoms with E-state index in [4.69, 9.17) is 0 Å². The largest absolute Gasteiger partial charge is 0.235 e. The van der Waals surface area contributed by atoms with Crippen molar-refractivity contribution in [2.75, 3.05) is 0 Å². The van der Waals surface area contributed by atoms with Crippen LogP contribution in [-0.4, -0.2) is 4.98 Å². The lowest BCUT2D eigenvalue weighted by Gasteiger charge is -1.97. The molecule has 3 rings (SSSR count). The quantitative estimate of drug-likeness (QED) is 0.536. The van der Waals surface area contributed by atoms with E-state index in [1.165, 1.54) is 23.5 Å². The van der Waals surface area contributed by atoms with Crippen LogP contribution in [0.3, 0.4) is 0 Å². The molecule has 0 amide bonds. The van der Waals surface area contributed by atoms with Crippen LogP contribution in [0.4, 0.5) is 4.39 Å². The Morgan fingerprint density at radius 1 is 1.13 bits per heavy atom. The Labute approximate surface area is 145 Å². The molecule has 0 aliphatic rings. The molecule has 5 heteroatoms. The van der Waals surface area contributed by atoms with Crippen molar-refractivity contribution >= 4 is 38.9 Å². The van der Waals surface area contributed by atoms with Gasteiger partial charge in [0.25, 0.3) is 0 Å². The van der Waals surface area contributed by atoms with Crippen molar-refractivity contribution in [1.82, 2.24) is 4.98 Å². The van der Waals surface area contributed by atoms with Crippen LogP contribution in [0.25, 0.3) is 22.9 Å². The Balaban J connectivity index is 1.92. The highest BCUT2D eigenvalue weighted by Crippen LogP contribution is 2.28. The van der Waals surface area contributed by atoms with E-state index in [2.05, 4.69) is 27.0 Å². The normalized spacial score (nSPS) is 11.3. The van der Waals surface area contributed by atoms with Crippen LogP contribution in [0.1, 0.15) is 10.6 Å². The summed E-state index contributed by atoms with van der Waals surface area (Å²) in [6, 6.07) is 16.0. The van der Waals surface area contributed by atoms with Gasteiger partial charge in [-0.05, 0) is 35.9 Å². The number of aromatic nitrogens is 1. The molecule has 2 aromatic carbocycles. The Morgan fingerprint density at radius 3 is 2.48 bits per heavy atom. The maximum atomic E-state index is 12.9. The summed E-state index contributed by atoms with van der Waals surface area (Å²) in [7, 11) is 0. The highest BCUT2D eigenvalue weighted by atomic mass is 79.9. The number of nitriles is 1. The molecular formula is C18H10BrFN2S. The van der Waals surface area contributed by atoms with Gasteiger partial charge < -0.3 is 0 Å². The molecule has 0 saturated heterocycles. The van der Waals surface area contributed by atoms with Gasteiger partial charge in [-0.15, -0.1) is 11.3 Å². The van der Waals surface area contributed by atoms with E-state index in [1.807, 2.05) is 29.6 Å². The second-order valence-corrected chi connectivity index (χ2v) is 6.54. The van der Waals surface area contributed by atoms with Crippen molar-refractivity contribution in [3.05, 3.63) is 74.8 Å². The number of halogens is 2. The van der Waals surface area contributed by atoms with E-state index in [0.717, 1.165) is 21.3 Å². The molecule has 0 spiro atoms.